The van der Waals surface area contributed by atoms with Crippen molar-refractivity contribution in [3.63, 3.8) is 0 Å². The summed E-state index contributed by atoms with van der Waals surface area (Å²) in [6, 6.07) is 15.6. The fourth-order valence-electron chi connectivity index (χ4n) is 4.36. The normalized spacial score (nSPS) is 13.5. The Kier molecular flexibility index (Phi) is 2.61. The van der Waals surface area contributed by atoms with Crippen LogP contribution >= 0.6 is 11.6 Å². The SMILES string of the molecule is Cc1ccc2c(c1)Cc1cc(C)c3c(c1-2)-c1ccc(Cl)cc1C3. The van der Waals surface area contributed by atoms with E-state index in [0.29, 0.717) is 0 Å². The molecule has 23 heavy (non-hydrogen) atoms. The molecule has 0 saturated heterocycles. The van der Waals surface area contributed by atoms with Gasteiger partial charge in [0.1, 0.15) is 0 Å². The van der Waals surface area contributed by atoms with Crippen molar-refractivity contribution in [2.24, 2.45) is 0 Å². The van der Waals surface area contributed by atoms with Gasteiger partial charge in [-0.1, -0.05) is 47.5 Å². The van der Waals surface area contributed by atoms with Crippen LogP contribution in [0, 0.1) is 13.8 Å². The summed E-state index contributed by atoms with van der Waals surface area (Å²) >= 11 is 6.22. The number of fused-ring (bicyclic) bond motifs is 7. The predicted octanol–water partition coefficient (Wildman–Crippen LogP) is 6.10. The van der Waals surface area contributed by atoms with Gasteiger partial charge in [0.2, 0.25) is 0 Å². The smallest absolute Gasteiger partial charge is 0.0409 e. The minimum Gasteiger partial charge on any atom is -0.0843 e. The maximum atomic E-state index is 6.22. The first-order valence-corrected chi connectivity index (χ1v) is 8.53. The molecule has 0 saturated carbocycles. The van der Waals surface area contributed by atoms with Crippen LogP contribution < -0.4 is 0 Å². The lowest BCUT2D eigenvalue weighted by Gasteiger charge is -2.13. The Morgan fingerprint density at radius 2 is 1.48 bits per heavy atom. The highest BCUT2D eigenvalue weighted by Gasteiger charge is 2.30. The van der Waals surface area contributed by atoms with Crippen molar-refractivity contribution in [3.05, 3.63) is 80.9 Å². The van der Waals surface area contributed by atoms with Crippen LogP contribution in [0.1, 0.15) is 33.4 Å². The molecule has 0 atom stereocenters. The molecule has 2 aliphatic carbocycles. The summed E-state index contributed by atoms with van der Waals surface area (Å²) in [4.78, 5) is 0. The summed E-state index contributed by atoms with van der Waals surface area (Å²) in [5.74, 6) is 0. The van der Waals surface area contributed by atoms with Crippen LogP contribution in [-0.2, 0) is 12.8 Å². The Morgan fingerprint density at radius 1 is 0.739 bits per heavy atom. The summed E-state index contributed by atoms with van der Waals surface area (Å²) in [6.07, 6.45) is 2.06. The van der Waals surface area contributed by atoms with Gasteiger partial charge in [-0.15, -0.1) is 0 Å². The minimum atomic E-state index is 0.835. The largest absolute Gasteiger partial charge is 0.0843 e. The molecular formula is C22H17Cl. The summed E-state index contributed by atoms with van der Waals surface area (Å²) in [5.41, 5.74) is 14.3. The zero-order valence-electron chi connectivity index (χ0n) is 13.3. The highest BCUT2D eigenvalue weighted by Crippen LogP contribution is 2.50. The standard InChI is InChI=1S/C22H17Cl/c1-12-3-5-18-14(7-12)9-16-8-13(2)20-11-15-10-17(23)4-6-19(15)22(20)21(16)18/h3-8,10H,9,11H2,1-2H3. The number of hydrogen-bond donors (Lipinski definition) is 0. The maximum absolute atomic E-state index is 6.22. The summed E-state index contributed by atoms with van der Waals surface area (Å²) in [7, 11) is 0. The average Bonchev–Trinajstić information content (AvgIpc) is 3.04. The number of benzene rings is 3. The van der Waals surface area contributed by atoms with Crippen LogP contribution in [0.3, 0.4) is 0 Å². The molecule has 0 bridgehead atoms. The molecule has 112 valence electrons. The van der Waals surface area contributed by atoms with Gasteiger partial charge >= 0.3 is 0 Å². The average molecular weight is 317 g/mol. The fraction of sp³-hybridized carbons (Fsp3) is 0.182. The molecule has 0 aliphatic heterocycles. The minimum absolute atomic E-state index is 0.835. The predicted molar refractivity (Wildman–Crippen MR) is 97.4 cm³/mol. The highest BCUT2D eigenvalue weighted by molar-refractivity contribution is 6.30. The molecule has 0 aromatic heterocycles. The van der Waals surface area contributed by atoms with E-state index < -0.39 is 0 Å². The lowest BCUT2D eigenvalue weighted by Crippen LogP contribution is -1.92. The Bertz CT molecular complexity index is 995. The fourth-order valence-corrected chi connectivity index (χ4v) is 4.56. The molecule has 0 amide bonds. The second-order valence-corrected chi connectivity index (χ2v) is 7.33. The Morgan fingerprint density at radius 3 is 2.35 bits per heavy atom. The van der Waals surface area contributed by atoms with E-state index >= 15 is 0 Å². The van der Waals surface area contributed by atoms with Gasteiger partial charge in [-0.3, -0.25) is 0 Å². The van der Waals surface area contributed by atoms with Crippen molar-refractivity contribution in [1.29, 1.82) is 0 Å². The van der Waals surface area contributed by atoms with Crippen molar-refractivity contribution in [2.75, 3.05) is 0 Å². The summed E-state index contributed by atoms with van der Waals surface area (Å²) in [5, 5.41) is 0.835. The van der Waals surface area contributed by atoms with Crippen LogP contribution in [0.15, 0.2) is 42.5 Å². The van der Waals surface area contributed by atoms with Gasteiger partial charge in [-0.05, 0) is 88.9 Å². The van der Waals surface area contributed by atoms with E-state index in [1.54, 1.807) is 0 Å². The first kappa shape index (κ1) is 13.4. The molecule has 0 fully saturated rings. The van der Waals surface area contributed by atoms with E-state index in [2.05, 4.69) is 50.2 Å². The van der Waals surface area contributed by atoms with Gasteiger partial charge in [0.05, 0.1) is 0 Å². The van der Waals surface area contributed by atoms with Gasteiger partial charge in [0.15, 0.2) is 0 Å². The number of aryl methyl sites for hydroxylation is 2. The molecule has 0 N–H and O–H groups in total. The maximum Gasteiger partial charge on any atom is 0.0409 e. The molecule has 2 aliphatic rings. The molecule has 0 unspecified atom stereocenters. The number of halogens is 1. The first-order valence-electron chi connectivity index (χ1n) is 8.16. The van der Waals surface area contributed by atoms with Gasteiger partial charge in [0.25, 0.3) is 0 Å². The van der Waals surface area contributed by atoms with E-state index in [4.69, 9.17) is 11.6 Å². The van der Waals surface area contributed by atoms with Crippen LogP contribution in [0.2, 0.25) is 5.02 Å². The quantitative estimate of drug-likeness (QED) is 0.324. The monoisotopic (exact) mass is 316 g/mol. The molecular weight excluding hydrogens is 300 g/mol. The van der Waals surface area contributed by atoms with Crippen LogP contribution in [0.25, 0.3) is 22.3 Å². The zero-order chi connectivity index (χ0) is 15.7. The van der Waals surface area contributed by atoms with Gasteiger partial charge in [0, 0.05) is 5.02 Å². The highest BCUT2D eigenvalue weighted by atomic mass is 35.5. The Labute approximate surface area is 141 Å². The zero-order valence-corrected chi connectivity index (χ0v) is 14.1. The van der Waals surface area contributed by atoms with Crippen molar-refractivity contribution in [1.82, 2.24) is 0 Å². The van der Waals surface area contributed by atoms with Crippen LogP contribution in [-0.4, -0.2) is 0 Å². The number of hydrogen-bond acceptors (Lipinski definition) is 0. The molecule has 5 rings (SSSR count). The van der Waals surface area contributed by atoms with E-state index in [-0.39, 0.29) is 0 Å². The second kappa shape index (κ2) is 4.49. The van der Waals surface area contributed by atoms with Gasteiger partial charge in [-0.2, -0.15) is 0 Å². The van der Waals surface area contributed by atoms with Crippen molar-refractivity contribution >= 4 is 11.6 Å². The summed E-state index contributed by atoms with van der Waals surface area (Å²) < 4.78 is 0. The molecule has 3 aromatic rings. The third-order valence-corrected chi connectivity index (χ3v) is 5.59. The van der Waals surface area contributed by atoms with Crippen molar-refractivity contribution < 1.29 is 0 Å². The van der Waals surface area contributed by atoms with Crippen molar-refractivity contribution in [3.8, 4) is 22.3 Å². The molecule has 3 aromatic carbocycles. The van der Waals surface area contributed by atoms with Gasteiger partial charge < -0.3 is 0 Å². The second-order valence-electron chi connectivity index (χ2n) is 6.90. The molecule has 0 heterocycles. The van der Waals surface area contributed by atoms with E-state index in [1.807, 2.05) is 6.07 Å². The topological polar surface area (TPSA) is 0 Å². The molecule has 0 radical (unpaired) electrons. The Balaban J connectivity index is 1.86. The number of rotatable bonds is 0. The lowest BCUT2D eigenvalue weighted by atomic mass is 9.91. The third-order valence-electron chi connectivity index (χ3n) is 5.35. The first-order chi connectivity index (χ1) is 11.1. The lowest BCUT2D eigenvalue weighted by molar-refractivity contribution is 1.19. The van der Waals surface area contributed by atoms with Crippen LogP contribution in [0.4, 0.5) is 0 Å². The molecule has 0 spiro atoms. The molecule has 1 heteroatoms. The van der Waals surface area contributed by atoms with E-state index in [0.717, 1.165) is 17.9 Å². The Hall–Kier alpha value is -2.05. The summed E-state index contributed by atoms with van der Waals surface area (Å²) in [6.45, 7) is 4.43. The third kappa shape index (κ3) is 1.79. The van der Waals surface area contributed by atoms with Gasteiger partial charge in [-0.25, -0.2) is 0 Å². The van der Waals surface area contributed by atoms with E-state index in [9.17, 15) is 0 Å². The van der Waals surface area contributed by atoms with Crippen molar-refractivity contribution in [2.45, 2.75) is 26.7 Å². The van der Waals surface area contributed by atoms with Crippen LogP contribution in [0.5, 0.6) is 0 Å². The molecule has 0 nitrogen and oxygen atoms in total. The van der Waals surface area contributed by atoms with E-state index in [1.165, 1.54) is 55.6 Å².